The first-order chi connectivity index (χ1) is 12.6. The van der Waals surface area contributed by atoms with Crippen LogP contribution in [0.3, 0.4) is 0 Å². The molecule has 1 N–H and O–H groups in total. The molecule has 0 saturated heterocycles. The molecule has 0 aromatic heterocycles. The van der Waals surface area contributed by atoms with Crippen LogP contribution in [-0.4, -0.2) is 5.11 Å². The van der Waals surface area contributed by atoms with E-state index in [0.717, 1.165) is 28.6 Å². The molecule has 2 aromatic rings. The van der Waals surface area contributed by atoms with Crippen LogP contribution in [0, 0.1) is 23.2 Å². The summed E-state index contributed by atoms with van der Waals surface area (Å²) in [6, 6.07) is 15.2. The van der Waals surface area contributed by atoms with Crippen LogP contribution >= 0.6 is 15.9 Å². The summed E-state index contributed by atoms with van der Waals surface area (Å²) in [5, 5.41) is 12.4. The Morgan fingerprint density at radius 1 is 0.846 bits per heavy atom. The molecule has 2 aromatic carbocycles. The molecule has 0 spiro atoms. The Labute approximate surface area is 164 Å². The van der Waals surface area contributed by atoms with Gasteiger partial charge in [0.15, 0.2) is 0 Å². The van der Waals surface area contributed by atoms with Crippen LogP contribution in [0.15, 0.2) is 46.9 Å². The van der Waals surface area contributed by atoms with Gasteiger partial charge in [0.1, 0.15) is 0 Å². The molecule has 0 aliphatic heterocycles. The highest BCUT2D eigenvalue weighted by Gasteiger charge is 2.61. The molecule has 1 nitrogen and oxygen atoms in total. The first kappa shape index (κ1) is 15.9. The average molecular weight is 409 g/mol. The number of rotatable bonds is 1. The standard InChI is InChI=1S/C24H25BrO/c25-19-5-6-20-18(10-19)14-24(26,22-4-2-1-3-21(20)22)23-11-15-7-16(12-23)9-17(8-15)13-23/h1-6,10,15-17,26H,7-9,11-14H2. The van der Waals surface area contributed by atoms with Crippen LogP contribution in [0.2, 0.25) is 0 Å². The van der Waals surface area contributed by atoms with Gasteiger partial charge in [-0.15, -0.1) is 0 Å². The van der Waals surface area contributed by atoms with Crippen molar-refractivity contribution in [3.05, 3.63) is 58.1 Å². The molecule has 4 bridgehead atoms. The summed E-state index contributed by atoms with van der Waals surface area (Å²) in [7, 11) is 0. The van der Waals surface area contributed by atoms with Gasteiger partial charge in [0.25, 0.3) is 0 Å². The number of hydrogen-bond acceptors (Lipinski definition) is 1. The third-order valence-corrected chi connectivity index (χ3v) is 8.59. The van der Waals surface area contributed by atoms with E-state index in [4.69, 9.17) is 0 Å². The molecule has 1 unspecified atom stereocenters. The molecule has 2 heteroatoms. The van der Waals surface area contributed by atoms with Gasteiger partial charge in [-0.05, 0) is 90.7 Å². The van der Waals surface area contributed by atoms with Crippen LogP contribution in [0.1, 0.15) is 49.7 Å². The monoisotopic (exact) mass is 408 g/mol. The molecule has 0 heterocycles. The molecule has 0 radical (unpaired) electrons. The van der Waals surface area contributed by atoms with Crippen LogP contribution in [-0.2, 0) is 12.0 Å². The van der Waals surface area contributed by atoms with E-state index >= 15 is 0 Å². The quantitative estimate of drug-likeness (QED) is 0.606. The van der Waals surface area contributed by atoms with Gasteiger partial charge in [0.2, 0.25) is 0 Å². The molecular weight excluding hydrogens is 384 g/mol. The zero-order valence-corrected chi connectivity index (χ0v) is 16.6. The maximum Gasteiger partial charge on any atom is 0.0999 e. The molecule has 134 valence electrons. The number of fused-ring (bicyclic) bond motifs is 3. The van der Waals surface area contributed by atoms with Gasteiger partial charge in [0.05, 0.1) is 5.60 Å². The third kappa shape index (κ3) is 2.01. The number of hydrogen-bond donors (Lipinski definition) is 1. The third-order valence-electron chi connectivity index (χ3n) is 8.09. The Hall–Kier alpha value is -1.12. The van der Waals surface area contributed by atoms with Gasteiger partial charge in [-0.3, -0.25) is 0 Å². The minimum absolute atomic E-state index is 0.0812. The predicted molar refractivity (Wildman–Crippen MR) is 108 cm³/mol. The first-order valence-corrected chi connectivity index (χ1v) is 11.0. The van der Waals surface area contributed by atoms with Crippen LogP contribution in [0.25, 0.3) is 11.1 Å². The van der Waals surface area contributed by atoms with Crippen molar-refractivity contribution in [2.24, 2.45) is 23.2 Å². The summed E-state index contributed by atoms with van der Waals surface area (Å²) in [5.74, 6) is 2.55. The Balaban J connectivity index is 1.56. The van der Waals surface area contributed by atoms with E-state index in [9.17, 15) is 5.11 Å². The maximum absolute atomic E-state index is 12.4. The van der Waals surface area contributed by atoms with Crippen molar-refractivity contribution in [3.8, 4) is 11.1 Å². The summed E-state index contributed by atoms with van der Waals surface area (Å²) < 4.78 is 1.11. The number of halogens is 1. The van der Waals surface area contributed by atoms with Gasteiger partial charge >= 0.3 is 0 Å². The van der Waals surface area contributed by atoms with Crippen molar-refractivity contribution in [1.82, 2.24) is 0 Å². The van der Waals surface area contributed by atoms with Crippen LogP contribution in [0.5, 0.6) is 0 Å². The minimum atomic E-state index is -0.715. The van der Waals surface area contributed by atoms with E-state index in [0.29, 0.717) is 0 Å². The largest absolute Gasteiger partial charge is 0.384 e. The second kappa shape index (κ2) is 5.23. The van der Waals surface area contributed by atoms with Gasteiger partial charge < -0.3 is 5.11 Å². The van der Waals surface area contributed by atoms with Crippen LogP contribution < -0.4 is 0 Å². The SMILES string of the molecule is OC1(C23CC4CC(CC(C4)C2)C3)Cc2cc(Br)ccc2-c2ccccc21. The zero-order valence-electron chi connectivity index (χ0n) is 15.0. The Morgan fingerprint density at radius 2 is 1.50 bits per heavy atom. The molecule has 4 fully saturated rings. The summed E-state index contributed by atoms with van der Waals surface area (Å²) in [4.78, 5) is 0. The first-order valence-electron chi connectivity index (χ1n) is 10.2. The molecule has 5 aliphatic carbocycles. The second-order valence-corrected chi connectivity index (χ2v) is 10.5. The molecule has 26 heavy (non-hydrogen) atoms. The van der Waals surface area contributed by atoms with Gasteiger partial charge in [-0.25, -0.2) is 0 Å². The van der Waals surface area contributed by atoms with E-state index in [1.807, 2.05) is 0 Å². The number of benzene rings is 2. The lowest BCUT2D eigenvalue weighted by molar-refractivity contribution is -0.185. The second-order valence-electron chi connectivity index (χ2n) is 9.58. The van der Waals surface area contributed by atoms with E-state index in [1.54, 1.807) is 0 Å². The smallest absolute Gasteiger partial charge is 0.0999 e. The van der Waals surface area contributed by atoms with Gasteiger partial charge in [0, 0.05) is 16.3 Å². The summed E-state index contributed by atoms with van der Waals surface area (Å²) in [6.07, 6.45) is 8.70. The Morgan fingerprint density at radius 3 is 2.19 bits per heavy atom. The molecule has 4 saturated carbocycles. The highest BCUT2D eigenvalue weighted by atomic mass is 79.9. The molecule has 5 aliphatic rings. The van der Waals surface area contributed by atoms with Crippen molar-refractivity contribution < 1.29 is 5.11 Å². The Bertz CT molecular complexity index is 866. The van der Waals surface area contributed by atoms with Crippen LogP contribution in [0.4, 0.5) is 0 Å². The summed E-state index contributed by atoms with van der Waals surface area (Å²) >= 11 is 3.65. The lowest BCUT2D eigenvalue weighted by atomic mass is 9.43. The highest BCUT2D eigenvalue weighted by molar-refractivity contribution is 9.10. The molecule has 7 rings (SSSR count). The highest BCUT2D eigenvalue weighted by Crippen LogP contribution is 2.67. The normalized spacial score (nSPS) is 39.5. The zero-order chi connectivity index (χ0) is 17.5. The van der Waals surface area contributed by atoms with E-state index in [1.165, 1.54) is 60.8 Å². The summed E-state index contributed by atoms with van der Waals surface area (Å²) in [5.41, 5.74) is 4.41. The predicted octanol–water partition coefficient (Wildman–Crippen LogP) is 6.08. The fraction of sp³-hybridized carbons (Fsp3) is 0.500. The average Bonchev–Trinajstić information content (AvgIpc) is 2.60. The lowest BCUT2D eigenvalue weighted by Gasteiger charge is -2.63. The molecule has 1 atom stereocenters. The van der Waals surface area contributed by atoms with Gasteiger partial charge in [-0.1, -0.05) is 46.3 Å². The summed E-state index contributed by atoms with van der Waals surface area (Å²) in [6.45, 7) is 0. The van der Waals surface area contributed by atoms with Gasteiger partial charge in [-0.2, -0.15) is 0 Å². The van der Waals surface area contributed by atoms with Crippen molar-refractivity contribution >= 4 is 15.9 Å². The van der Waals surface area contributed by atoms with Crippen molar-refractivity contribution in [3.63, 3.8) is 0 Å². The maximum atomic E-state index is 12.4. The molecule has 0 amide bonds. The van der Waals surface area contributed by atoms with E-state index < -0.39 is 5.60 Å². The fourth-order valence-electron chi connectivity index (χ4n) is 7.51. The minimum Gasteiger partial charge on any atom is -0.384 e. The fourth-order valence-corrected chi connectivity index (χ4v) is 7.92. The number of aliphatic hydroxyl groups is 1. The Kier molecular flexibility index (Phi) is 3.20. The van der Waals surface area contributed by atoms with Crippen molar-refractivity contribution in [2.75, 3.05) is 0 Å². The lowest BCUT2D eigenvalue weighted by Crippen LogP contribution is -2.58. The topological polar surface area (TPSA) is 20.2 Å². The van der Waals surface area contributed by atoms with Crippen molar-refractivity contribution in [1.29, 1.82) is 0 Å². The van der Waals surface area contributed by atoms with E-state index in [-0.39, 0.29) is 5.41 Å². The van der Waals surface area contributed by atoms with E-state index in [2.05, 4.69) is 58.4 Å². The molecular formula is C24H25BrO. The van der Waals surface area contributed by atoms with Crippen molar-refractivity contribution in [2.45, 2.75) is 50.5 Å².